The molecule has 0 amide bonds. The summed E-state index contributed by atoms with van der Waals surface area (Å²) in [7, 11) is 0. The van der Waals surface area contributed by atoms with Crippen molar-refractivity contribution in [3.05, 3.63) is 71.5 Å². The fraction of sp³-hybridized carbons (Fsp3) is 0.478. The zero-order valence-corrected chi connectivity index (χ0v) is 15.7. The van der Waals surface area contributed by atoms with Gasteiger partial charge in [0.15, 0.2) is 0 Å². The zero-order valence-electron chi connectivity index (χ0n) is 15.7. The van der Waals surface area contributed by atoms with E-state index >= 15 is 0 Å². The lowest BCUT2D eigenvalue weighted by molar-refractivity contribution is -0.0153. The molecule has 2 aromatic carbocycles. The van der Waals surface area contributed by atoms with E-state index in [1.54, 1.807) is 12.1 Å². The van der Waals surface area contributed by atoms with Crippen molar-refractivity contribution >= 4 is 0 Å². The van der Waals surface area contributed by atoms with E-state index in [1.165, 1.54) is 31.4 Å². The fourth-order valence-corrected chi connectivity index (χ4v) is 4.26. The Labute approximate surface area is 156 Å². The Balaban J connectivity index is 1.99. The largest absolute Gasteiger partial charge is 0.384 e. The molecule has 0 radical (unpaired) electrons. The molecule has 2 nitrogen and oxygen atoms in total. The minimum atomic E-state index is -0.999. The summed E-state index contributed by atoms with van der Waals surface area (Å²) in [6.45, 7) is 5.11. The lowest BCUT2D eigenvalue weighted by Crippen LogP contribution is -2.42. The van der Waals surface area contributed by atoms with Crippen molar-refractivity contribution in [3.8, 4) is 0 Å². The Morgan fingerprint density at radius 1 is 1.00 bits per heavy atom. The van der Waals surface area contributed by atoms with Crippen LogP contribution >= 0.6 is 0 Å². The highest BCUT2D eigenvalue weighted by Crippen LogP contribution is 2.41. The maximum absolute atomic E-state index is 13.5. The maximum atomic E-state index is 13.5. The van der Waals surface area contributed by atoms with E-state index in [-0.39, 0.29) is 11.7 Å². The molecule has 1 N–H and O–H groups in total. The topological polar surface area (TPSA) is 23.5 Å². The molecule has 0 spiro atoms. The number of piperidine rings is 1. The van der Waals surface area contributed by atoms with Gasteiger partial charge < -0.3 is 10.0 Å². The molecule has 0 saturated carbocycles. The van der Waals surface area contributed by atoms with E-state index in [2.05, 4.69) is 24.0 Å². The fourth-order valence-electron chi connectivity index (χ4n) is 4.26. The van der Waals surface area contributed by atoms with Crippen LogP contribution in [0.5, 0.6) is 0 Å². The van der Waals surface area contributed by atoms with E-state index in [9.17, 15) is 9.50 Å². The third kappa shape index (κ3) is 4.33. The molecule has 1 aliphatic heterocycles. The van der Waals surface area contributed by atoms with Crippen LogP contribution in [0.25, 0.3) is 0 Å². The second-order valence-corrected chi connectivity index (χ2v) is 7.51. The predicted molar refractivity (Wildman–Crippen MR) is 105 cm³/mol. The lowest BCUT2D eigenvalue weighted by Gasteiger charge is -2.41. The molecule has 1 aliphatic rings. The van der Waals surface area contributed by atoms with Gasteiger partial charge in [-0.2, -0.15) is 0 Å². The first-order valence-corrected chi connectivity index (χ1v) is 9.89. The summed E-state index contributed by atoms with van der Waals surface area (Å²) in [6.07, 6.45) is 5.28. The van der Waals surface area contributed by atoms with E-state index in [4.69, 9.17) is 0 Å². The standard InChI is InChI=1S/C23H30FNO/c1-2-15-23(26,20-11-13-21(24)14-12-20)22(19-9-5-3-6-10-19)18-25-16-7-4-8-17-25/h3,5-6,9-14,22,26H,2,4,7-8,15-18H2,1H3. The Kier molecular flexibility index (Phi) is 6.44. The van der Waals surface area contributed by atoms with Gasteiger partial charge in [0, 0.05) is 12.5 Å². The first kappa shape index (κ1) is 19.1. The normalized spacial score (nSPS) is 19.0. The van der Waals surface area contributed by atoms with Crippen molar-refractivity contribution in [2.75, 3.05) is 19.6 Å². The summed E-state index contributed by atoms with van der Waals surface area (Å²) in [5, 5.41) is 11.9. The lowest BCUT2D eigenvalue weighted by atomic mass is 9.74. The number of nitrogens with zero attached hydrogens (tertiary/aromatic N) is 1. The second-order valence-electron chi connectivity index (χ2n) is 7.51. The number of benzene rings is 2. The number of hydrogen-bond acceptors (Lipinski definition) is 2. The van der Waals surface area contributed by atoms with Gasteiger partial charge in [0.25, 0.3) is 0 Å². The molecule has 3 rings (SSSR count). The molecule has 140 valence electrons. The van der Waals surface area contributed by atoms with Crippen molar-refractivity contribution in [2.24, 2.45) is 0 Å². The van der Waals surface area contributed by atoms with Crippen LogP contribution in [-0.4, -0.2) is 29.6 Å². The van der Waals surface area contributed by atoms with Crippen LogP contribution in [0.1, 0.15) is 56.1 Å². The predicted octanol–water partition coefficient (Wildman–Crippen LogP) is 5.08. The summed E-state index contributed by atoms with van der Waals surface area (Å²) in [5.41, 5.74) is 0.964. The average molecular weight is 355 g/mol. The number of rotatable bonds is 7. The van der Waals surface area contributed by atoms with E-state index < -0.39 is 5.60 Å². The highest BCUT2D eigenvalue weighted by Gasteiger charge is 2.39. The Morgan fingerprint density at radius 3 is 2.27 bits per heavy atom. The van der Waals surface area contributed by atoms with Crippen molar-refractivity contribution in [2.45, 2.75) is 50.5 Å². The van der Waals surface area contributed by atoms with E-state index in [0.717, 1.165) is 37.2 Å². The van der Waals surface area contributed by atoms with Crippen molar-refractivity contribution in [3.63, 3.8) is 0 Å². The highest BCUT2D eigenvalue weighted by molar-refractivity contribution is 5.32. The summed E-state index contributed by atoms with van der Waals surface area (Å²) < 4.78 is 13.5. The molecule has 0 aliphatic carbocycles. The van der Waals surface area contributed by atoms with Crippen LogP contribution in [0.15, 0.2) is 54.6 Å². The van der Waals surface area contributed by atoms with E-state index in [0.29, 0.717) is 6.42 Å². The minimum absolute atomic E-state index is 0.0350. The molecule has 1 fully saturated rings. The molecular formula is C23H30FNO. The minimum Gasteiger partial charge on any atom is -0.384 e. The molecule has 0 bridgehead atoms. The van der Waals surface area contributed by atoms with Gasteiger partial charge in [-0.25, -0.2) is 4.39 Å². The van der Waals surface area contributed by atoms with Crippen molar-refractivity contribution in [1.82, 2.24) is 4.90 Å². The van der Waals surface area contributed by atoms with Gasteiger partial charge in [-0.3, -0.25) is 0 Å². The summed E-state index contributed by atoms with van der Waals surface area (Å²) in [6, 6.07) is 16.7. The Bertz CT molecular complexity index is 666. The molecule has 2 atom stereocenters. The third-order valence-electron chi connectivity index (χ3n) is 5.64. The van der Waals surface area contributed by atoms with Gasteiger partial charge in [-0.15, -0.1) is 0 Å². The Morgan fingerprint density at radius 2 is 1.65 bits per heavy atom. The molecular weight excluding hydrogens is 325 g/mol. The quantitative estimate of drug-likeness (QED) is 0.748. The van der Waals surface area contributed by atoms with Gasteiger partial charge in [0.1, 0.15) is 5.82 Å². The van der Waals surface area contributed by atoms with Crippen LogP contribution in [0.3, 0.4) is 0 Å². The van der Waals surface area contributed by atoms with E-state index in [1.807, 2.05) is 18.2 Å². The number of aliphatic hydroxyl groups is 1. The summed E-state index contributed by atoms with van der Waals surface area (Å²) in [4.78, 5) is 2.48. The van der Waals surface area contributed by atoms with Gasteiger partial charge in [-0.1, -0.05) is 62.2 Å². The average Bonchev–Trinajstić information content (AvgIpc) is 2.68. The highest BCUT2D eigenvalue weighted by atomic mass is 19.1. The molecule has 1 saturated heterocycles. The maximum Gasteiger partial charge on any atom is 0.123 e. The van der Waals surface area contributed by atoms with Crippen LogP contribution in [-0.2, 0) is 5.60 Å². The first-order chi connectivity index (χ1) is 12.6. The van der Waals surface area contributed by atoms with Gasteiger partial charge in [0.2, 0.25) is 0 Å². The molecule has 2 aromatic rings. The zero-order chi connectivity index (χ0) is 18.4. The van der Waals surface area contributed by atoms with Crippen LogP contribution in [0.4, 0.5) is 4.39 Å². The van der Waals surface area contributed by atoms with Gasteiger partial charge in [0.05, 0.1) is 5.60 Å². The molecule has 3 heteroatoms. The number of hydrogen-bond donors (Lipinski definition) is 1. The van der Waals surface area contributed by atoms with Crippen LogP contribution < -0.4 is 0 Å². The van der Waals surface area contributed by atoms with Crippen LogP contribution in [0, 0.1) is 5.82 Å². The Hall–Kier alpha value is -1.71. The van der Waals surface area contributed by atoms with Crippen molar-refractivity contribution < 1.29 is 9.50 Å². The summed E-state index contributed by atoms with van der Waals surface area (Å²) in [5.74, 6) is -0.299. The number of likely N-dealkylation sites (tertiary alicyclic amines) is 1. The molecule has 26 heavy (non-hydrogen) atoms. The SMILES string of the molecule is CCCC(O)(c1ccc(F)cc1)C(CN1CCCCC1)c1ccccc1. The number of halogens is 1. The first-order valence-electron chi connectivity index (χ1n) is 9.89. The monoisotopic (exact) mass is 355 g/mol. The van der Waals surface area contributed by atoms with Gasteiger partial charge >= 0.3 is 0 Å². The summed E-state index contributed by atoms with van der Waals surface area (Å²) >= 11 is 0. The van der Waals surface area contributed by atoms with Gasteiger partial charge in [-0.05, 0) is 55.6 Å². The second kappa shape index (κ2) is 8.79. The molecule has 1 heterocycles. The molecule has 2 unspecified atom stereocenters. The third-order valence-corrected chi connectivity index (χ3v) is 5.64. The van der Waals surface area contributed by atoms with Crippen LogP contribution in [0.2, 0.25) is 0 Å². The smallest absolute Gasteiger partial charge is 0.123 e. The molecule has 0 aromatic heterocycles. The van der Waals surface area contributed by atoms with Crippen molar-refractivity contribution in [1.29, 1.82) is 0 Å².